The first kappa shape index (κ1) is 19.4. The Kier molecular flexibility index (Phi) is 4.76. The average molecular weight is 410 g/mol. The van der Waals surface area contributed by atoms with Gasteiger partial charge in [0.15, 0.2) is 0 Å². The van der Waals surface area contributed by atoms with Crippen LogP contribution in [0.3, 0.4) is 0 Å². The molecule has 28 heavy (non-hydrogen) atoms. The van der Waals surface area contributed by atoms with Crippen LogP contribution < -0.4 is 10.0 Å². The van der Waals surface area contributed by atoms with Gasteiger partial charge in [0.25, 0.3) is 0 Å². The molecule has 150 valence electrons. The Morgan fingerprint density at radius 3 is 2.43 bits per heavy atom. The highest BCUT2D eigenvalue weighted by molar-refractivity contribution is 7.88. The van der Waals surface area contributed by atoms with Gasteiger partial charge in [-0.25, -0.2) is 26.3 Å². The first-order valence-corrected chi connectivity index (χ1v) is 11.0. The van der Waals surface area contributed by atoms with Crippen molar-refractivity contribution in [3.63, 3.8) is 0 Å². The zero-order valence-electron chi connectivity index (χ0n) is 15.3. The van der Waals surface area contributed by atoms with Crippen molar-refractivity contribution in [2.45, 2.75) is 31.3 Å². The molecule has 2 aliphatic rings. The highest BCUT2D eigenvalue weighted by Crippen LogP contribution is 2.52. The van der Waals surface area contributed by atoms with E-state index in [4.69, 9.17) is 0 Å². The Balaban J connectivity index is 1.63. The Morgan fingerprint density at radius 1 is 1.14 bits per heavy atom. The number of hydrogen-bond acceptors (Lipinski definition) is 3. The molecule has 2 N–H and O–H groups in total. The van der Waals surface area contributed by atoms with E-state index in [2.05, 4.69) is 10.0 Å². The zero-order chi connectivity index (χ0) is 20.1. The summed E-state index contributed by atoms with van der Waals surface area (Å²) < 4.78 is 68.5. The van der Waals surface area contributed by atoms with Crippen LogP contribution in [-0.2, 0) is 16.4 Å². The van der Waals surface area contributed by atoms with Crippen LogP contribution in [0, 0.1) is 22.9 Å². The molecule has 2 atom stereocenters. The lowest BCUT2D eigenvalue weighted by Gasteiger charge is -2.24. The first-order chi connectivity index (χ1) is 13.2. The minimum atomic E-state index is -3.40. The van der Waals surface area contributed by atoms with Crippen molar-refractivity contribution in [1.82, 2.24) is 10.0 Å². The summed E-state index contributed by atoms with van der Waals surface area (Å²) in [6, 6.07) is 7.08. The molecule has 2 unspecified atom stereocenters. The number of sulfonamides is 1. The minimum Gasteiger partial charge on any atom is -0.311 e. The van der Waals surface area contributed by atoms with Gasteiger partial charge in [0.1, 0.15) is 17.5 Å². The SMILES string of the molecule is CS(=O)(=O)NC1C(Cc2cccc(-c3cc(F)cc(F)c3)c2F)NCC12CC2. The normalized spacial score (nSPS) is 23.3. The number of halogens is 3. The molecule has 1 saturated heterocycles. The van der Waals surface area contributed by atoms with Crippen molar-refractivity contribution in [2.75, 3.05) is 12.8 Å². The van der Waals surface area contributed by atoms with Crippen LogP contribution in [0.5, 0.6) is 0 Å². The summed E-state index contributed by atoms with van der Waals surface area (Å²) in [5, 5.41) is 3.32. The van der Waals surface area contributed by atoms with Gasteiger partial charge in [-0.15, -0.1) is 0 Å². The van der Waals surface area contributed by atoms with E-state index in [9.17, 15) is 17.2 Å². The molecule has 1 spiro atoms. The summed E-state index contributed by atoms with van der Waals surface area (Å²) in [5.74, 6) is -2.10. The third-order valence-corrected chi connectivity index (χ3v) is 6.39. The fraction of sp³-hybridized carbons (Fsp3) is 0.400. The zero-order valence-corrected chi connectivity index (χ0v) is 16.1. The largest absolute Gasteiger partial charge is 0.311 e. The van der Waals surface area contributed by atoms with Gasteiger partial charge in [-0.1, -0.05) is 18.2 Å². The second-order valence-corrected chi connectivity index (χ2v) is 9.64. The molecule has 4 nitrogen and oxygen atoms in total. The summed E-state index contributed by atoms with van der Waals surface area (Å²) in [6.45, 7) is 0.682. The van der Waals surface area contributed by atoms with Crippen LogP contribution in [0.4, 0.5) is 13.2 Å². The lowest BCUT2D eigenvalue weighted by molar-refractivity contribution is 0.407. The van der Waals surface area contributed by atoms with Gasteiger partial charge >= 0.3 is 0 Å². The topological polar surface area (TPSA) is 58.2 Å². The van der Waals surface area contributed by atoms with E-state index in [0.717, 1.165) is 37.3 Å². The predicted molar refractivity (Wildman–Crippen MR) is 101 cm³/mol. The standard InChI is InChI=1S/C20H21F3N2O2S/c1-28(26,27)25-19-17(24-11-20(19)5-6-20)9-12-3-2-4-16(18(12)23)13-7-14(21)10-15(22)8-13/h2-4,7-8,10,17,19,24-25H,5-6,9,11H2,1H3. The smallest absolute Gasteiger partial charge is 0.209 e. The number of benzene rings is 2. The van der Waals surface area contributed by atoms with Crippen LogP contribution in [0.25, 0.3) is 11.1 Å². The van der Waals surface area contributed by atoms with E-state index < -0.39 is 27.5 Å². The third-order valence-electron chi connectivity index (χ3n) is 5.70. The quantitative estimate of drug-likeness (QED) is 0.797. The van der Waals surface area contributed by atoms with E-state index in [0.29, 0.717) is 12.1 Å². The van der Waals surface area contributed by atoms with Crippen molar-refractivity contribution in [1.29, 1.82) is 0 Å². The second kappa shape index (κ2) is 6.86. The molecular weight excluding hydrogens is 389 g/mol. The van der Waals surface area contributed by atoms with Gasteiger partial charge in [0.05, 0.1) is 6.26 Å². The maximum atomic E-state index is 15.1. The van der Waals surface area contributed by atoms with Gasteiger partial charge in [-0.3, -0.25) is 0 Å². The maximum absolute atomic E-state index is 15.1. The van der Waals surface area contributed by atoms with Gasteiger partial charge in [0.2, 0.25) is 10.0 Å². The van der Waals surface area contributed by atoms with Gasteiger partial charge in [-0.2, -0.15) is 0 Å². The molecule has 4 rings (SSSR count). The molecule has 2 fully saturated rings. The van der Waals surface area contributed by atoms with Gasteiger partial charge < -0.3 is 5.32 Å². The van der Waals surface area contributed by atoms with E-state index in [-0.39, 0.29) is 35.0 Å². The molecule has 0 bridgehead atoms. The summed E-state index contributed by atoms with van der Waals surface area (Å²) in [7, 11) is -3.40. The number of rotatable bonds is 5. The molecule has 1 aliphatic heterocycles. The Morgan fingerprint density at radius 2 is 1.82 bits per heavy atom. The van der Waals surface area contributed by atoms with Crippen molar-refractivity contribution in [3.8, 4) is 11.1 Å². The Bertz CT molecular complexity index is 1000. The first-order valence-electron chi connectivity index (χ1n) is 9.11. The molecule has 0 radical (unpaired) electrons. The van der Waals surface area contributed by atoms with Gasteiger partial charge in [0, 0.05) is 35.7 Å². The molecule has 1 heterocycles. The lowest BCUT2D eigenvalue weighted by atomic mass is 9.91. The van der Waals surface area contributed by atoms with E-state index in [1.54, 1.807) is 12.1 Å². The van der Waals surface area contributed by atoms with Crippen LogP contribution in [-0.4, -0.2) is 33.3 Å². The average Bonchev–Trinajstić information content (AvgIpc) is 3.30. The summed E-state index contributed by atoms with van der Waals surface area (Å²) >= 11 is 0. The number of nitrogens with one attached hydrogen (secondary N) is 2. The number of hydrogen-bond donors (Lipinski definition) is 2. The highest BCUT2D eigenvalue weighted by Gasteiger charge is 2.56. The van der Waals surface area contributed by atoms with Crippen molar-refractivity contribution in [2.24, 2.45) is 5.41 Å². The van der Waals surface area contributed by atoms with Gasteiger partial charge in [-0.05, 0) is 42.5 Å². The molecule has 8 heteroatoms. The second-order valence-electron chi connectivity index (χ2n) is 7.86. The summed E-state index contributed by atoms with van der Waals surface area (Å²) in [5.41, 5.74) is 0.508. The molecule has 2 aromatic carbocycles. The maximum Gasteiger partial charge on any atom is 0.209 e. The van der Waals surface area contributed by atoms with Crippen LogP contribution in [0.15, 0.2) is 36.4 Å². The monoisotopic (exact) mass is 410 g/mol. The predicted octanol–water partition coefficient (Wildman–Crippen LogP) is 2.98. The third kappa shape index (κ3) is 3.81. The minimum absolute atomic E-state index is 0.104. The van der Waals surface area contributed by atoms with Crippen molar-refractivity contribution >= 4 is 10.0 Å². The molecular formula is C20H21F3N2O2S. The molecule has 0 amide bonds. The Labute approximate surface area is 162 Å². The van der Waals surface area contributed by atoms with Crippen LogP contribution >= 0.6 is 0 Å². The molecule has 1 saturated carbocycles. The molecule has 0 aromatic heterocycles. The van der Waals surface area contributed by atoms with E-state index in [1.165, 1.54) is 6.07 Å². The fourth-order valence-corrected chi connectivity index (χ4v) is 5.05. The van der Waals surface area contributed by atoms with Crippen molar-refractivity contribution in [3.05, 3.63) is 59.4 Å². The van der Waals surface area contributed by atoms with Crippen LogP contribution in [0.2, 0.25) is 0 Å². The summed E-state index contributed by atoms with van der Waals surface area (Å²) in [6.07, 6.45) is 3.24. The molecule has 1 aliphatic carbocycles. The van der Waals surface area contributed by atoms with E-state index >= 15 is 4.39 Å². The van der Waals surface area contributed by atoms with Crippen LogP contribution in [0.1, 0.15) is 18.4 Å². The Hall–Kier alpha value is -1.90. The van der Waals surface area contributed by atoms with Crippen molar-refractivity contribution < 1.29 is 21.6 Å². The molecule has 2 aromatic rings. The summed E-state index contributed by atoms with van der Waals surface area (Å²) in [4.78, 5) is 0. The van der Waals surface area contributed by atoms with E-state index in [1.807, 2.05) is 0 Å². The fourth-order valence-electron chi connectivity index (χ4n) is 4.17. The lowest BCUT2D eigenvalue weighted by Crippen LogP contribution is -2.47. The highest BCUT2D eigenvalue weighted by atomic mass is 32.2.